The van der Waals surface area contributed by atoms with E-state index < -0.39 is 11.7 Å². The third-order valence-corrected chi connectivity index (χ3v) is 4.70. The second-order valence-corrected chi connectivity index (χ2v) is 7.06. The maximum Gasteiger partial charge on any atom is 0.289 e. The van der Waals surface area contributed by atoms with Gasteiger partial charge in [-0.1, -0.05) is 36.4 Å². The number of carbonyl (C=O) groups is 3. The van der Waals surface area contributed by atoms with Gasteiger partial charge in [0.2, 0.25) is 11.9 Å². The van der Waals surface area contributed by atoms with Crippen molar-refractivity contribution in [2.75, 3.05) is 16.0 Å². The molecule has 168 valence electrons. The molecule has 3 aromatic rings. The molecule has 33 heavy (non-hydrogen) atoms. The summed E-state index contributed by atoms with van der Waals surface area (Å²) in [4.78, 5) is 43.6. The molecule has 2 aromatic carbocycles. The molecule has 1 aromatic heterocycles. The van der Waals surface area contributed by atoms with Crippen LogP contribution in [0.4, 0.5) is 28.8 Å². The molecule has 0 radical (unpaired) electrons. The van der Waals surface area contributed by atoms with Gasteiger partial charge in [-0.15, -0.1) is 0 Å². The predicted octanol–water partition coefficient (Wildman–Crippen LogP) is 2.87. The third kappa shape index (κ3) is 5.70. The van der Waals surface area contributed by atoms with Crippen molar-refractivity contribution in [1.82, 2.24) is 9.97 Å². The zero-order valence-corrected chi connectivity index (χ0v) is 18.0. The largest absolute Gasteiger partial charge is 0.363 e. The fourth-order valence-electron chi connectivity index (χ4n) is 2.83. The maximum absolute atomic E-state index is 12.1. The summed E-state index contributed by atoms with van der Waals surface area (Å²) in [5.41, 5.74) is 13.1. The number of nitrogens with zero attached hydrogens (tertiary/aromatic N) is 2. The molecule has 0 aliphatic carbocycles. The van der Waals surface area contributed by atoms with E-state index in [1.807, 2.05) is 0 Å². The van der Waals surface area contributed by atoms with Crippen molar-refractivity contribution in [3.05, 3.63) is 77.5 Å². The first kappa shape index (κ1) is 23.4. The number of halogens is 1. The van der Waals surface area contributed by atoms with Crippen molar-refractivity contribution >= 4 is 58.0 Å². The van der Waals surface area contributed by atoms with Crippen LogP contribution in [0.5, 0.6) is 0 Å². The fraction of sp³-hybridized carbons (Fsp3) is 0.0455. The fourth-order valence-corrected chi connectivity index (χ4v) is 2.97. The zero-order chi connectivity index (χ0) is 24.0. The van der Waals surface area contributed by atoms with E-state index in [9.17, 15) is 14.4 Å². The second-order valence-electron chi connectivity index (χ2n) is 6.65. The van der Waals surface area contributed by atoms with E-state index in [2.05, 4.69) is 32.5 Å². The molecule has 0 bridgehead atoms. The number of aromatic nitrogens is 2. The minimum atomic E-state index is -1.08. The van der Waals surface area contributed by atoms with Crippen molar-refractivity contribution in [3.63, 3.8) is 0 Å². The Morgan fingerprint density at radius 3 is 2.55 bits per heavy atom. The van der Waals surface area contributed by atoms with Crippen LogP contribution in [0.25, 0.3) is 0 Å². The van der Waals surface area contributed by atoms with E-state index in [0.717, 1.165) is 11.6 Å². The maximum atomic E-state index is 12.1. The first-order chi connectivity index (χ1) is 15.8. The van der Waals surface area contributed by atoms with Crippen LogP contribution in [0.3, 0.4) is 0 Å². The average molecular weight is 466 g/mol. The highest BCUT2D eigenvalue weighted by Gasteiger charge is 2.17. The highest BCUT2D eigenvalue weighted by Crippen LogP contribution is 2.28. The van der Waals surface area contributed by atoms with Crippen LogP contribution in [-0.2, 0) is 16.1 Å². The summed E-state index contributed by atoms with van der Waals surface area (Å²) >= 11 is 6.22. The molecule has 0 unspecified atom stereocenters. The number of nitrogens with two attached hydrogens (primary N) is 2. The number of benzene rings is 2. The van der Waals surface area contributed by atoms with Gasteiger partial charge in [-0.25, -0.2) is 4.98 Å². The monoisotopic (exact) mass is 465 g/mol. The molecule has 7 N–H and O–H groups in total. The smallest absolute Gasteiger partial charge is 0.289 e. The highest BCUT2D eigenvalue weighted by atomic mass is 35.5. The molecular weight excluding hydrogens is 446 g/mol. The lowest BCUT2D eigenvalue weighted by molar-refractivity contribution is -0.114. The summed E-state index contributed by atoms with van der Waals surface area (Å²) in [6, 6.07) is 11.5. The molecule has 0 saturated heterocycles. The molecule has 0 atom stereocenters. The van der Waals surface area contributed by atoms with Crippen LogP contribution in [0.15, 0.2) is 61.3 Å². The van der Waals surface area contributed by atoms with Gasteiger partial charge in [0.25, 0.3) is 11.7 Å². The molecule has 11 heteroatoms. The van der Waals surface area contributed by atoms with Crippen molar-refractivity contribution in [2.24, 2.45) is 11.5 Å². The lowest BCUT2D eigenvalue weighted by atomic mass is 10.1. The van der Waals surface area contributed by atoms with Gasteiger partial charge >= 0.3 is 0 Å². The van der Waals surface area contributed by atoms with E-state index in [-0.39, 0.29) is 34.8 Å². The first-order valence-electron chi connectivity index (χ1n) is 9.58. The number of Topliss-reactive ketones (excluding diaryl/α,β-unsaturated/α-hetero) is 1. The van der Waals surface area contributed by atoms with Gasteiger partial charge < -0.3 is 27.4 Å². The molecule has 0 aliphatic rings. The number of para-hydroxylation sites is 1. The summed E-state index contributed by atoms with van der Waals surface area (Å²) in [6.07, 6.45) is 2.52. The van der Waals surface area contributed by atoms with Crippen LogP contribution >= 0.6 is 11.6 Å². The Hall–Kier alpha value is -4.28. The number of ketones is 1. The number of carbonyl (C=O) groups excluding carboxylic acids is 3. The molecule has 2 amide bonds. The van der Waals surface area contributed by atoms with Crippen molar-refractivity contribution < 1.29 is 14.4 Å². The summed E-state index contributed by atoms with van der Waals surface area (Å²) in [7, 11) is 0. The number of amides is 2. The van der Waals surface area contributed by atoms with Gasteiger partial charge in [0.1, 0.15) is 5.02 Å². The van der Waals surface area contributed by atoms with Crippen molar-refractivity contribution in [2.45, 2.75) is 6.54 Å². The van der Waals surface area contributed by atoms with Gasteiger partial charge in [-0.3, -0.25) is 14.4 Å². The van der Waals surface area contributed by atoms with Gasteiger partial charge in [-0.05, 0) is 35.9 Å². The topological polar surface area (TPSA) is 165 Å². The van der Waals surface area contributed by atoms with E-state index in [1.54, 1.807) is 36.4 Å². The van der Waals surface area contributed by atoms with Gasteiger partial charge in [0.05, 0.1) is 17.4 Å². The quantitative estimate of drug-likeness (QED) is 0.183. The molecule has 0 fully saturated rings. The SMILES string of the molecule is C=CC(=O)Nc1cc(Nc2ncc(Cl)c(Nc3ccccc3C(=O)C(N)=O)n2)ccc1CN. The average Bonchev–Trinajstić information content (AvgIpc) is 2.81. The Bertz CT molecular complexity index is 1250. The number of hydrogen-bond acceptors (Lipinski definition) is 8. The minimum Gasteiger partial charge on any atom is -0.363 e. The van der Waals surface area contributed by atoms with Crippen LogP contribution in [-0.4, -0.2) is 27.6 Å². The van der Waals surface area contributed by atoms with Gasteiger partial charge in [-0.2, -0.15) is 4.98 Å². The summed E-state index contributed by atoms with van der Waals surface area (Å²) < 4.78 is 0. The summed E-state index contributed by atoms with van der Waals surface area (Å²) in [5.74, 6) is -1.93. The normalized spacial score (nSPS) is 10.2. The van der Waals surface area contributed by atoms with E-state index in [0.29, 0.717) is 17.1 Å². The molecule has 1 heterocycles. The lowest BCUT2D eigenvalue weighted by Gasteiger charge is -2.14. The van der Waals surface area contributed by atoms with E-state index >= 15 is 0 Å². The molecule has 0 saturated carbocycles. The van der Waals surface area contributed by atoms with E-state index in [1.165, 1.54) is 12.3 Å². The zero-order valence-electron chi connectivity index (χ0n) is 17.3. The first-order valence-corrected chi connectivity index (χ1v) is 9.96. The van der Waals surface area contributed by atoms with Crippen LogP contribution in [0.2, 0.25) is 5.02 Å². The number of hydrogen-bond donors (Lipinski definition) is 5. The Morgan fingerprint density at radius 1 is 1.09 bits per heavy atom. The van der Waals surface area contributed by atoms with Crippen molar-refractivity contribution in [3.8, 4) is 0 Å². The number of primary amides is 1. The van der Waals surface area contributed by atoms with Crippen LogP contribution < -0.4 is 27.4 Å². The lowest BCUT2D eigenvalue weighted by Crippen LogP contribution is -2.23. The Labute approximate surface area is 194 Å². The molecule has 3 rings (SSSR count). The number of nitrogens with one attached hydrogen (secondary N) is 3. The summed E-state index contributed by atoms with van der Waals surface area (Å²) in [5, 5.41) is 8.82. The number of anilines is 5. The number of rotatable bonds is 9. The van der Waals surface area contributed by atoms with Gasteiger partial charge in [0, 0.05) is 17.9 Å². The third-order valence-electron chi connectivity index (χ3n) is 4.42. The Morgan fingerprint density at radius 2 is 1.85 bits per heavy atom. The Balaban J connectivity index is 1.88. The molecule has 0 aliphatic heterocycles. The van der Waals surface area contributed by atoms with Crippen LogP contribution in [0.1, 0.15) is 15.9 Å². The predicted molar refractivity (Wildman–Crippen MR) is 127 cm³/mol. The minimum absolute atomic E-state index is 0.0779. The molecular formula is C22H20ClN7O3. The highest BCUT2D eigenvalue weighted by molar-refractivity contribution is 6.43. The van der Waals surface area contributed by atoms with Crippen LogP contribution in [0, 0.1) is 0 Å². The standard InChI is InChI=1S/C22H20ClN7O3/c1-2-18(31)28-17-9-13(8-7-12(17)10-24)27-22-26-11-15(23)21(30-22)29-16-6-4-3-5-14(16)19(32)20(25)33/h2-9,11H,1,10,24H2,(H2,25,33)(H,28,31)(H2,26,27,29,30). The summed E-state index contributed by atoms with van der Waals surface area (Å²) in [6.45, 7) is 3.66. The van der Waals surface area contributed by atoms with Gasteiger partial charge in [0.15, 0.2) is 5.82 Å². The molecule has 0 spiro atoms. The Kier molecular flexibility index (Phi) is 7.34. The van der Waals surface area contributed by atoms with Crippen molar-refractivity contribution in [1.29, 1.82) is 0 Å². The second kappa shape index (κ2) is 10.4. The molecule has 10 nitrogen and oxygen atoms in total. The van der Waals surface area contributed by atoms with E-state index in [4.69, 9.17) is 23.1 Å².